The molecule has 1 aliphatic heterocycles. The molecule has 2 heterocycles. The van der Waals surface area contributed by atoms with E-state index in [1.807, 2.05) is 17.2 Å². The van der Waals surface area contributed by atoms with Crippen LogP contribution in [0.25, 0.3) is 0 Å². The predicted molar refractivity (Wildman–Crippen MR) is 68.8 cm³/mol. The monoisotopic (exact) mass is 300 g/mol. The van der Waals surface area contributed by atoms with Crippen molar-refractivity contribution in [1.82, 2.24) is 10.0 Å². The van der Waals surface area contributed by atoms with Gasteiger partial charge in [0.2, 0.25) is 5.88 Å². The summed E-state index contributed by atoms with van der Waals surface area (Å²) in [6.07, 6.45) is 5.50. The van der Waals surface area contributed by atoms with Gasteiger partial charge in [0, 0.05) is 29.8 Å². The summed E-state index contributed by atoms with van der Waals surface area (Å²) in [5.41, 5.74) is 0. The van der Waals surface area contributed by atoms with Crippen LogP contribution in [0.1, 0.15) is 19.3 Å². The van der Waals surface area contributed by atoms with Gasteiger partial charge in [-0.25, -0.2) is 4.98 Å². The lowest BCUT2D eigenvalue weighted by Gasteiger charge is -2.25. The topological polar surface area (TPSA) is 34.6 Å². The van der Waals surface area contributed by atoms with Gasteiger partial charge in [-0.1, -0.05) is 6.42 Å². The molecule has 0 saturated carbocycles. The van der Waals surface area contributed by atoms with E-state index in [4.69, 9.17) is 9.57 Å². The highest BCUT2D eigenvalue weighted by molar-refractivity contribution is 9.10. The van der Waals surface area contributed by atoms with Crippen LogP contribution in [0, 0.1) is 0 Å². The van der Waals surface area contributed by atoms with Gasteiger partial charge in [0.15, 0.2) is 0 Å². The normalized spacial score (nSPS) is 17.0. The SMILES string of the molecule is Brc1ccc(OCCON2CCCCC2)nc1. The Morgan fingerprint density at radius 2 is 2.00 bits per heavy atom. The summed E-state index contributed by atoms with van der Waals surface area (Å²) in [5.74, 6) is 0.635. The fourth-order valence-corrected chi connectivity index (χ4v) is 1.99. The predicted octanol–water partition coefficient (Wildman–Crippen LogP) is 2.64. The van der Waals surface area contributed by atoms with Crippen molar-refractivity contribution in [2.75, 3.05) is 26.3 Å². The highest BCUT2D eigenvalue weighted by atomic mass is 79.9. The number of rotatable bonds is 5. The number of hydroxylamine groups is 2. The van der Waals surface area contributed by atoms with Crippen LogP contribution in [0.5, 0.6) is 5.88 Å². The van der Waals surface area contributed by atoms with Crippen molar-refractivity contribution in [2.45, 2.75) is 19.3 Å². The van der Waals surface area contributed by atoms with E-state index in [9.17, 15) is 0 Å². The number of piperidine rings is 1. The van der Waals surface area contributed by atoms with Gasteiger partial charge in [-0.2, -0.15) is 5.06 Å². The lowest BCUT2D eigenvalue weighted by atomic mass is 10.2. The molecule has 1 fully saturated rings. The Bertz CT molecular complexity index is 326. The van der Waals surface area contributed by atoms with Crippen LogP contribution in [0.3, 0.4) is 0 Å². The van der Waals surface area contributed by atoms with Crippen molar-refractivity contribution in [2.24, 2.45) is 0 Å². The standard InChI is InChI=1S/C12H17BrN2O2/c13-11-4-5-12(14-10-11)16-8-9-17-15-6-2-1-3-7-15/h4-5,10H,1-3,6-9H2. The van der Waals surface area contributed by atoms with Gasteiger partial charge < -0.3 is 4.74 Å². The lowest BCUT2D eigenvalue weighted by Crippen LogP contribution is -2.31. The van der Waals surface area contributed by atoms with Crippen molar-refractivity contribution in [3.05, 3.63) is 22.8 Å². The molecule has 0 N–H and O–H groups in total. The van der Waals surface area contributed by atoms with Crippen molar-refractivity contribution < 1.29 is 9.57 Å². The highest BCUT2D eigenvalue weighted by Gasteiger charge is 2.09. The van der Waals surface area contributed by atoms with E-state index in [-0.39, 0.29) is 0 Å². The summed E-state index contributed by atoms with van der Waals surface area (Å²) in [6, 6.07) is 3.75. The summed E-state index contributed by atoms with van der Waals surface area (Å²) in [4.78, 5) is 9.72. The maximum Gasteiger partial charge on any atom is 0.213 e. The minimum Gasteiger partial charge on any atom is -0.475 e. The van der Waals surface area contributed by atoms with Gasteiger partial charge in [-0.05, 0) is 34.8 Å². The Balaban J connectivity index is 1.60. The lowest BCUT2D eigenvalue weighted by molar-refractivity contribution is -0.173. The Morgan fingerprint density at radius 3 is 2.71 bits per heavy atom. The minimum absolute atomic E-state index is 0.533. The molecule has 0 radical (unpaired) electrons. The van der Waals surface area contributed by atoms with Crippen LogP contribution < -0.4 is 4.74 Å². The van der Waals surface area contributed by atoms with Crippen LogP contribution in [0.15, 0.2) is 22.8 Å². The molecule has 17 heavy (non-hydrogen) atoms. The van der Waals surface area contributed by atoms with E-state index in [0.29, 0.717) is 19.1 Å². The average Bonchev–Trinajstić information content (AvgIpc) is 2.38. The van der Waals surface area contributed by atoms with Gasteiger partial charge in [0.1, 0.15) is 13.2 Å². The number of pyridine rings is 1. The maximum atomic E-state index is 5.60. The second-order valence-corrected chi connectivity index (χ2v) is 4.90. The molecule has 2 rings (SSSR count). The van der Waals surface area contributed by atoms with E-state index >= 15 is 0 Å². The van der Waals surface area contributed by atoms with Crippen molar-refractivity contribution in [3.63, 3.8) is 0 Å². The Morgan fingerprint density at radius 1 is 1.18 bits per heavy atom. The van der Waals surface area contributed by atoms with Gasteiger partial charge in [-0.15, -0.1) is 0 Å². The molecule has 4 nitrogen and oxygen atoms in total. The largest absolute Gasteiger partial charge is 0.475 e. The van der Waals surface area contributed by atoms with Gasteiger partial charge in [-0.3, -0.25) is 4.84 Å². The molecule has 5 heteroatoms. The quantitative estimate of drug-likeness (QED) is 0.783. The third kappa shape index (κ3) is 4.61. The molecule has 0 unspecified atom stereocenters. The second kappa shape index (κ2) is 6.93. The van der Waals surface area contributed by atoms with Crippen LogP contribution in [0.2, 0.25) is 0 Å². The van der Waals surface area contributed by atoms with Crippen molar-refractivity contribution in [3.8, 4) is 5.88 Å². The van der Waals surface area contributed by atoms with E-state index in [1.54, 1.807) is 6.20 Å². The van der Waals surface area contributed by atoms with Crippen LogP contribution in [0.4, 0.5) is 0 Å². The maximum absolute atomic E-state index is 5.60. The highest BCUT2D eigenvalue weighted by Crippen LogP contribution is 2.12. The summed E-state index contributed by atoms with van der Waals surface area (Å²) in [5, 5.41) is 2.03. The first-order chi connectivity index (χ1) is 8.34. The van der Waals surface area contributed by atoms with E-state index in [1.165, 1.54) is 19.3 Å². The first-order valence-electron chi connectivity index (χ1n) is 5.97. The zero-order valence-electron chi connectivity index (χ0n) is 9.77. The Kier molecular flexibility index (Phi) is 5.22. The zero-order valence-corrected chi connectivity index (χ0v) is 11.4. The van der Waals surface area contributed by atoms with Crippen molar-refractivity contribution in [1.29, 1.82) is 0 Å². The molecule has 1 aliphatic rings. The van der Waals surface area contributed by atoms with Crippen LogP contribution in [-0.2, 0) is 4.84 Å². The molecular weight excluding hydrogens is 284 g/mol. The van der Waals surface area contributed by atoms with E-state index in [2.05, 4.69) is 20.9 Å². The molecule has 0 aliphatic carbocycles. The fraction of sp³-hybridized carbons (Fsp3) is 0.583. The molecule has 0 spiro atoms. The molecule has 1 aromatic rings. The number of hydrogen-bond donors (Lipinski definition) is 0. The Hall–Kier alpha value is -0.650. The average molecular weight is 301 g/mol. The second-order valence-electron chi connectivity index (χ2n) is 3.99. The van der Waals surface area contributed by atoms with Gasteiger partial charge in [0.05, 0.1) is 0 Å². The molecule has 1 aromatic heterocycles. The molecule has 94 valence electrons. The fourth-order valence-electron chi connectivity index (χ4n) is 1.75. The third-order valence-electron chi connectivity index (χ3n) is 2.62. The minimum atomic E-state index is 0.533. The summed E-state index contributed by atoms with van der Waals surface area (Å²) < 4.78 is 6.42. The molecular formula is C12H17BrN2O2. The molecule has 0 amide bonds. The summed E-state index contributed by atoms with van der Waals surface area (Å²) >= 11 is 3.33. The number of halogens is 1. The first kappa shape index (κ1) is 12.8. The van der Waals surface area contributed by atoms with Crippen LogP contribution >= 0.6 is 15.9 Å². The third-order valence-corrected chi connectivity index (χ3v) is 3.09. The van der Waals surface area contributed by atoms with Gasteiger partial charge >= 0.3 is 0 Å². The zero-order chi connectivity index (χ0) is 11.9. The number of aromatic nitrogens is 1. The Labute approximate surface area is 110 Å². The van der Waals surface area contributed by atoms with E-state index < -0.39 is 0 Å². The van der Waals surface area contributed by atoms with Gasteiger partial charge in [0.25, 0.3) is 0 Å². The number of nitrogens with zero attached hydrogens (tertiary/aromatic N) is 2. The number of ether oxygens (including phenoxy) is 1. The smallest absolute Gasteiger partial charge is 0.213 e. The van der Waals surface area contributed by atoms with Crippen molar-refractivity contribution >= 4 is 15.9 Å². The van der Waals surface area contributed by atoms with Crippen LogP contribution in [-0.4, -0.2) is 36.4 Å². The molecule has 1 saturated heterocycles. The number of hydrogen-bond acceptors (Lipinski definition) is 4. The molecule has 0 bridgehead atoms. The van der Waals surface area contributed by atoms with E-state index in [0.717, 1.165) is 17.6 Å². The summed E-state index contributed by atoms with van der Waals surface area (Å²) in [6.45, 7) is 3.19. The molecule has 0 atom stereocenters. The summed E-state index contributed by atoms with van der Waals surface area (Å²) in [7, 11) is 0. The first-order valence-corrected chi connectivity index (χ1v) is 6.76. The molecule has 0 aromatic carbocycles.